The SMILES string of the molecule is CO[C@H](C(=O)[C@@H](O)[C@@H](C)O)C1Cc2cc3cc(O[C@H]4C[C@@H](O[C@H]5C[C@@H](O)[C@H](O)[C@@H](C)O5)[C@@H](O)[C@@H](C)O4)c(C)c(O)c3c(O)c2C(=O)[C@H]1O[C@H]1C[C@@H](O[C@H]2C[C@@H](O[C@H]3C[C@](C)(O)[C@H](O)[C@@H](C)O3)[C@H](O)[C@@H](C)O2)[C@H](O)[C@@H](C)O1.Nc1ncn([C@@H]2O[C@H](CO)[C@@H](O)[C@H]2O)c(=O)n1. The molecule has 0 amide bonds. The van der Waals surface area contributed by atoms with Crippen LogP contribution in [0.3, 0.4) is 0 Å². The first-order chi connectivity index (χ1) is 43.7. The van der Waals surface area contributed by atoms with Crippen molar-refractivity contribution in [2.45, 2.75) is 265 Å². The van der Waals surface area contributed by atoms with E-state index in [0.29, 0.717) is 0 Å². The lowest BCUT2D eigenvalue weighted by molar-refractivity contribution is -0.334. The smallest absolute Gasteiger partial charge is 0.354 e. The molecule has 1 unspecified atom stereocenters. The van der Waals surface area contributed by atoms with Gasteiger partial charge in [-0.25, -0.2) is 9.78 Å². The van der Waals surface area contributed by atoms with Crippen molar-refractivity contribution >= 4 is 28.3 Å². The number of rotatable bonds is 17. The fraction of sp³-hybridized carbons (Fsp3) is 0.750. The number of phenolic OH excluding ortho intramolecular Hbond substituents is 2. The molecule has 0 bridgehead atoms. The number of aromatic hydroxyl groups is 2. The van der Waals surface area contributed by atoms with E-state index >= 15 is 4.79 Å². The van der Waals surface area contributed by atoms with Crippen molar-refractivity contribution in [3.05, 3.63) is 45.6 Å². The van der Waals surface area contributed by atoms with Crippen LogP contribution >= 0.6 is 0 Å². The molecular formula is C60H88N4O29. The van der Waals surface area contributed by atoms with E-state index in [1.54, 1.807) is 27.7 Å². The predicted molar refractivity (Wildman–Crippen MR) is 312 cm³/mol. The van der Waals surface area contributed by atoms with Crippen LogP contribution in [0.5, 0.6) is 17.2 Å². The van der Waals surface area contributed by atoms with Gasteiger partial charge in [-0.15, -0.1) is 0 Å². The van der Waals surface area contributed by atoms with Crippen molar-refractivity contribution < 1.29 is 138 Å². The molecule has 16 N–H and O–H groups in total. The largest absolute Gasteiger partial charge is 0.507 e. The Labute approximate surface area is 532 Å². The van der Waals surface area contributed by atoms with Gasteiger partial charge in [0.15, 0.2) is 43.0 Å². The Hall–Kier alpha value is -4.87. The van der Waals surface area contributed by atoms with Gasteiger partial charge in [-0.1, -0.05) is 0 Å². The van der Waals surface area contributed by atoms with Crippen LogP contribution < -0.4 is 16.2 Å². The summed E-state index contributed by atoms with van der Waals surface area (Å²) in [7, 11) is 1.18. The van der Waals surface area contributed by atoms with Crippen LogP contribution in [0.2, 0.25) is 0 Å². The zero-order valence-electron chi connectivity index (χ0n) is 52.7. The number of fused-ring (bicyclic) bond motifs is 2. The number of nitrogens with two attached hydrogens (primary N) is 1. The molecule has 0 radical (unpaired) electrons. The number of methoxy groups -OCH3 is 1. The molecule has 1 aromatic heterocycles. The lowest BCUT2D eigenvalue weighted by Crippen LogP contribution is -2.58. The normalized spacial score (nSPS) is 40.7. The summed E-state index contributed by atoms with van der Waals surface area (Å²) in [6, 6.07) is 3.03. The van der Waals surface area contributed by atoms with Crippen molar-refractivity contribution in [2.75, 3.05) is 19.5 Å². The number of ketones is 2. The van der Waals surface area contributed by atoms with E-state index in [1.165, 1.54) is 46.9 Å². The number of nitrogen functional groups attached to an aromatic ring is 1. The molecular weight excluding hydrogens is 1240 g/mol. The van der Waals surface area contributed by atoms with Gasteiger partial charge in [0.1, 0.15) is 90.7 Å². The molecule has 522 valence electrons. The van der Waals surface area contributed by atoms with Crippen molar-refractivity contribution in [1.29, 1.82) is 0 Å². The minimum absolute atomic E-state index is 0.0365. The number of aromatic nitrogens is 3. The predicted octanol–water partition coefficient (Wildman–Crippen LogP) is -3.42. The number of benzene rings is 2. The number of aliphatic hydroxyl groups excluding tert-OH is 11. The molecule has 33 nitrogen and oxygen atoms in total. The first-order valence-electron chi connectivity index (χ1n) is 30.9. The summed E-state index contributed by atoms with van der Waals surface area (Å²) >= 11 is 0. The second-order valence-corrected chi connectivity index (χ2v) is 25.3. The highest BCUT2D eigenvalue weighted by molar-refractivity contribution is 6.11. The van der Waals surface area contributed by atoms with Crippen molar-refractivity contribution in [3.63, 3.8) is 0 Å². The van der Waals surface area contributed by atoms with E-state index in [9.17, 15) is 76.0 Å². The number of carbonyl (C=O) groups is 2. The Bertz CT molecular complexity index is 3130. The van der Waals surface area contributed by atoms with E-state index in [1.807, 2.05) is 0 Å². The highest BCUT2D eigenvalue weighted by Gasteiger charge is 2.52. The first kappa shape index (κ1) is 72.4. The van der Waals surface area contributed by atoms with Crippen LogP contribution in [0, 0.1) is 12.8 Å². The molecule has 6 saturated heterocycles. The summed E-state index contributed by atoms with van der Waals surface area (Å²) in [4.78, 5) is 47.3. The Kier molecular flexibility index (Phi) is 22.9. The maximum absolute atomic E-state index is 15.0. The lowest BCUT2D eigenvalue weighted by Gasteiger charge is -2.46. The molecule has 33 heteroatoms. The van der Waals surface area contributed by atoms with Crippen molar-refractivity contribution in [1.82, 2.24) is 14.5 Å². The highest BCUT2D eigenvalue weighted by atomic mass is 16.7. The van der Waals surface area contributed by atoms with Gasteiger partial charge in [0.25, 0.3) is 0 Å². The summed E-state index contributed by atoms with van der Waals surface area (Å²) in [6.45, 7) is 11.6. The number of aliphatic hydroxyl groups is 12. The third-order valence-corrected chi connectivity index (χ3v) is 18.4. The van der Waals surface area contributed by atoms with Crippen molar-refractivity contribution in [3.8, 4) is 17.2 Å². The average Bonchev–Trinajstić information content (AvgIpc) is 1.19. The van der Waals surface area contributed by atoms with E-state index in [0.717, 1.165) is 10.9 Å². The van der Waals surface area contributed by atoms with Crippen LogP contribution in [0.25, 0.3) is 10.8 Å². The molecule has 10 rings (SSSR count). The quantitative estimate of drug-likeness (QED) is 0.0626. The molecule has 3 aromatic rings. The third-order valence-electron chi connectivity index (χ3n) is 18.4. The standard InChI is InChI=1S/C52H76O24.C8H12N4O5/c1-18-29(72-34-14-30(43(58)21(4)68-34)73-33-13-28(54)42(57)20(3)67-33)12-26-10-25-11-27(49(66-9)48(63)41(56)19(2)53)50(47(62)39(25)46(61)38(26)40(18)55)76-36-16-31(44(59)23(6)70-36)74-35-15-32(45(60)22(5)69-35)75-37-17-52(8,65)51(64)24(7)71-37;9-7-10-2-12(8(16)11-7)6-5(15)4(14)3(1-13)17-6/h10,12,19-24,27-28,30-37,41-45,49-51,53-61,64-65H,11,13-17H2,1-9H3;2-6,13-15H,1H2,(H2,9,11,16)/t19-,20-,21-,22-,23-,24-,27?,28-,30-,31-,32-,33+,34+,35+,36+,37+,41+,42-,43+,44-,45-,49+,50+,51-,52+;3-,4-,5-,6-/m11/s1. The molecule has 1 aliphatic carbocycles. The number of hydrogen-bond donors (Lipinski definition) is 15. The van der Waals surface area contributed by atoms with Gasteiger partial charge in [0.2, 0.25) is 12.2 Å². The summed E-state index contributed by atoms with van der Waals surface area (Å²) in [5.41, 5.74) is 2.98. The summed E-state index contributed by atoms with van der Waals surface area (Å²) < 4.78 is 72.6. The van der Waals surface area contributed by atoms with Crippen LogP contribution in [0.15, 0.2) is 23.3 Å². The number of nitrogens with zero attached hydrogens (tertiary/aromatic N) is 3. The van der Waals surface area contributed by atoms with E-state index in [4.69, 9.17) is 67.7 Å². The van der Waals surface area contributed by atoms with Crippen molar-refractivity contribution in [2.24, 2.45) is 5.92 Å². The van der Waals surface area contributed by atoms with Crippen LogP contribution in [-0.4, -0.2) is 277 Å². The summed E-state index contributed by atoms with van der Waals surface area (Å²) in [5, 5.41) is 148. The number of hydrogen-bond acceptors (Lipinski definition) is 32. The molecule has 2 aromatic carbocycles. The molecule has 29 atom stereocenters. The Morgan fingerprint density at radius 2 is 1.25 bits per heavy atom. The molecule has 6 fully saturated rings. The number of ether oxygens (including phenoxy) is 12. The monoisotopic (exact) mass is 1330 g/mol. The maximum atomic E-state index is 15.0. The minimum Gasteiger partial charge on any atom is -0.507 e. The highest BCUT2D eigenvalue weighted by Crippen LogP contribution is 2.48. The number of anilines is 1. The second-order valence-electron chi connectivity index (χ2n) is 25.3. The topological polar surface area (TPSA) is 502 Å². The maximum Gasteiger partial charge on any atom is 0.354 e. The van der Waals surface area contributed by atoms with Crippen LogP contribution in [0.4, 0.5) is 5.95 Å². The first-order valence-corrected chi connectivity index (χ1v) is 30.9. The fourth-order valence-corrected chi connectivity index (χ4v) is 13.0. The number of carbonyl (C=O) groups excluding carboxylic acids is 2. The van der Waals surface area contributed by atoms with Crippen LogP contribution in [-0.2, 0) is 63.3 Å². The van der Waals surface area contributed by atoms with Gasteiger partial charge < -0.3 is 134 Å². The Morgan fingerprint density at radius 1 is 0.720 bits per heavy atom. The molecule has 93 heavy (non-hydrogen) atoms. The average molecular weight is 1330 g/mol. The third kappa shape index (κ3) is 15.3. The zero-order valence-corrected chi connectivity index (χ0v) is 52.7. The summed E-state index contributed by atoms with van der Waals surface area (Å²) in [5.74, 6) is -4.27. The molecule has 0 saturated carbocycles. The van der Waals surface area contributed by atoms with Gasteiger partial charge in [-0.2, -0.15) is 4.98 Å². The van der Waals surface area contributed by atoms with E-state index < -0.39 is 213 Å². The van der Waals surface area contributed by atoms with Gasteiger partial charge in [-0.05, 0) is 84.9 Å². The molecule has 0 spiro atoms. The Morgan fingerprint density at radius 3 is 1.77 bits per heavy atom. The molecule has 7 aliphatic rings. The van der Waals surface area contributed by atoms with Gasteiger partial charge in [0.05, 0.1) is 84.2 Å². The number of phenols is 2. The molecule has 7 heterocycles. The van der Waals surface area contributed by atoms with Gasteiger partial charge in [-0.3, -0.25) is 14.2 Å². The summed E-state index contributed by atoms with van der Waals surface area (Å²) in [6.07, 6.45) is -30.7. The van der Waals surface area contributed by atoms with Gasteiger partial charge >= 0.3 is 5.69 Å². The van der Waals surface area contributed by atoms with E-state index in [-0.39, 0.29) is 77.7 Å². The fourth-order valence-electron chi connectivity index (χ4n) is 13.0. The molecule has 6 aliphatic heterocycles. The van der Waals surface area contributed by atoms with Gasteiger partial charge in [0, 0.05) is 50.7 Å². The number of Topliss-reactive ketones (excluding diaryl/α,β-unsaturated/α-hetero) is 2. The lowest BCUT2D eigenvalue weighted by atomic mass is 9.75. The Balaban J connectivity index is 0.000000517. The van der Waals surface area contributed by atoms with E-state index in [2.05, 4.69) is 9.97 Å². The zero-order chi connectivity index (χ0) is 68.1. The van der Waals surface area contributed by atoms with Crippen LogP contribution in [0.1, 0.15) is 108 Å². The minimum atomic E-state index is -1.95. The second kappa shape index (κ2) is 29.5.